The molecular formula is C16H12F3N5S. The Labute approximate surface area is 144 Å². The Morgan fingerprint density at radius 3 is 2.88 bits per heavy atom. The largest absolute Gasteiger partial charge is 0.408 e. The molecule has 0 aliphatic heterocycles. The van der Waals surface area contributed by atoms with E-state index < -0.39 is 12.2 Å². The molecule has 1 unspecified atom stereocenters. The molecule has 0 aliphatic carbocycles. The highest BCUT2D eigenvalue weighted by Crippen LogP contribution is 2.36. The average Bonchev–Trinajstić information content (AvgIpc) is 3.16. The fourth-order valence-electron chi connectivity index (χ4n) is 2.47. The third kappa shape index (κ3) is 2.91. The van der Waals surface area contributed by atoms with Crippen LogP contribution in [0.2, 0.25) is 0 Å². The van der Waals surface area contributed by atoms with E-state index >= 15 is 0 Å². The van der Waals surface area contributed by atoms with Gasteiger partial charge in [0.2, 0.25) is 5.95 Å². The van der Waals surface area contributed by atoms with E-state index in [1.165, 1.54) is 6.20 Å². The first-order valence-corrected chi connectivity index (χ1v) is 8.25. The molecule has 0 radical (unpaired) electrons. The van der Waals surface area contributed by atoms with E-state index in [2.05, 4.69) is 25.3 Å². The summed E-state index contributed by atoms with van der Waals surface area (Å²) in [6, 6.07) is 2.23. The van der Waals surface area contributed by atoms with Crippen LogP contribution in [0.25, 0.3) is 31.6 Å². The fourth-order valence-corrected chi connectivity index (χ4v) is 3.53. The number of rotatable bonds is 3. The van der Waals surface area contributed by atoms with Gasteiger partial charge in [-0.25, -0.2) is 4.98 Å². The van der Waals surface area contributed by atoms with Crippen LogP contribution in [-0.2, 0) is 0 Å². The first-order chi connectivity index (χ1) is 11.9. The number of fused-ring (bicyclic) bond motifs is 2. The maximum atomic E-state index is 12.6. The van der Waals surface area contributed by atoms with Crippen molar-refractivity contribution in [3.63, 3.8) is 0 Å². The third-order valence-corrected chi connectivity index (χ3v) is 5.00. The number of hydrogen-bond donors (Lipinski definition) is 2. The number of thiophene rings is 1. The SMILES string of the molecule is CC(Nc1ncc2c(-c3cc4cnccc4s3)c[nH]c2n1)C(F)(F)F. The summed E-state index contributed by atoms with van der Waals surface area (Å²) in [4.78, 5) is 16.3. The summed E-state index contributed by atoms with van der Waals surface area (Å²) < 4.78 is 39.0. The summed E-state index contributed by atoms with van der Waals surface area (Å²) in [5.74, 6) is -0.0636. The van der Waals surface area contributed by atoms with Crippen molar-refractivity contribution in [2.75, 3.05) is 5.32 Å². The van der Waals surface area contributed by atoms with Crippen molar-refractivity contribution >= 4 is 38.4 Å². The smallest absolute Gasteiger partial charge is 0.345 e. The summed E-state index contributed by atoms with van der Waals surface area (Å²) in [7, 11) is 0. The van der Waals surface area contributed by atoms with Crippen LogP contribution in [0, 0.1) is 0 Å². The van der Waals surface area contributed by atoms with Gasteiger partial charge in [0.15, 0.2) is 0 Å². The highest BCUT2D eigenvalue weighted by molar-refractivity contribution is 7.22. The van der Waals surface area contributed by atoms with E-state index in [0.29, 0.717) is 5.65 Å². The van der Waals surface area contributed by atoms with Gasteiger partial charge >= 0.3 is 6.18 Å². The van der Waals surface area contributed by atoms with Crippen molar-refractivity contribution in [3.8, 4) is 10.4 Å². The topological polar surface area (TPSA) is 66.5 Å². The molecule has 0 spiro atoms. The number of halogens is 3. The molecule has 0 saturated carbocycles. The lowest BCUT2D eigenvalue weighted by Crippen LogP contribution is -2.33. The van der Waals surface area contributed by atoms with Crippen molar-refractivity contribution in [1.82, 2.24) is 19.9 Å². The second kappa shape index (κ2) is 5.69. The number of nitrogens with zero attached hydrogens (tertiary/aromatic N) is 3. The van der Waals surface area contributed by atoms with Crippen molar-refractivity contribution in [2.45, 2.75) is 19.1 Å². The Morgan fingerprint density at radius 1 is 1.28 bits per heavy atom. The summed E-state index contributed by atoms with van der Waals surface area (Å²) in [6.07, 6.45) is 2.49. The second-order valence-corrected chi connectivity index (χ2v) is 6.67. The van der Waals surface area contributed by atoms with Gasteiger partial charge in [-0.2, -0.15) is 18.2 Å². The molecule has 2 N–H and O–H groups in total. The molecule has 9 heteroatoms. The predicted octanol–water partition coefficient (Wildman–Crippen LogP) is 4.60. The highest BCUT2D eigenvalue weighted by atomic mass is 32.1. The van der Waals surface area contributed by atoms with Gasteiger partial charge in [0.25, 0.3) is 0 Å². The number of anilines is 1. The lowest BCUT2D eigenvalue weighted by molar-refractivity contribution is -0.138. The fraction of sp³-hybridized carbons (Fsp3) is 0.188. The van der Waals surface area contributed by atoms with Crippen molar-refractivity contribution in [3.05, 3.63) is 36.9 Å². The molecule has 4 heterocycles. The van der Waals surface area contributed by atoms with Crippen molar-refractivity contribution < 1.29 is 13.2 Å². The van der Waals surface area contributed by atoms with Gasteiger partial charge in [0.1, 0.15) is 11.7 Å². The molecule has 4 aromatic rings. The van der Waals surface area contributed by atoms with Crippen LogP contribution in [0.4, 0.5) is 19.1 Å². The molecule has 4 aromatic heterocycles. The maximum Gasteiger partial charge on any atom is 0.408 e. The van der Waals surface area contributed by atoms with Crippen LogP contribution >= 0.6 is 11.3 Å². The predicted molar refractivity (Wildman–Crippen MR) is 91.6 cm³/mol. The molecule has 0 bridgehead atoms. The standard InChI is InChI=1S/C16H12F3N5S/c1-8(16(17,18)19)23-15-22-7-11-10(6-21-14(11)24-15)13-4-9-5-20-3-2-12(9)25-13/h2-8H,1H3,(H2,21,22,23,24). The Hall–Kier alpha value is -2.68. The monoisotopic (exact) mass is 363 g/mol. The molecule has 0 saturated heterocycles. The normalized spacial score (nSPS) is 13.4. The van der Waals surface area contributed by atoms with E-state index in [1.54, 1.807) is 29.9 Å². The van der Waals surface area contributed by atoms with E-state index in [-0.39, 0.29) is 5.95 Å². The molecule has 5 nitrogen and oxygen atoms in total. The Kier molecular flexibility index (Phi) is 3.60. The summed E-state index contributed by atoms with van der Waals surface area (Å²) in [5.41, 5.74) is 1.39. The van der Waals surface area contributed by atoms with Gasteiger partial charge in [0.05, 0.1) is 0 Å². The molecule has 1 atom stereocenters. The van der Waals surface area contributed by atoms with Crippen molar-refractivity contribution in [2.24, 2.45) is 0 Å². The molecule has 25 heavy (non-hydrogen) atoms. The number of aromatic nitrogens is 4. The highest BCUT2D eigenvalue weighted by Gasteiger charge is 2.36. The van der Waals surface area contributed by atoms with E-state index in [0.717, 1.165) is 32.8 Å². The van der Waals surface area contributed by atoms with E-state index in [4.69, 9.17) is 0 Å². The minimum atomic E-state index is -4.36. The van der Waals surface area contributed by atoms with Gasteiger partial charge in [-0.1, -0.05) is 0 Å². The molecule has 0 fully saturated rings. The van der Waals surface area contributed by atoms with E-state index in [1.807, 2.05) is 12.1 Å². The lowest BCUT2D eigenvalue weighted by Gasteiger charge is -2.16. The Morgan fingerprint density at radius 2 is 2.12 bits per heavy atom. The van der Waals surface area contributed by atoms with Crippen LogP contribution < -0.4 is 5.32 Å². The van der Waals surface area contributed by atoms with E-state index in [9.17, 15) is 13.2 Å². The summed E-state index contributed by atoms with van der Waals surface area (Å²) in [5, 5.41) is 4.06. The number of pyridine rings is 1. The molecular weight excluding hydrogens is 351 g/mol. The third-order valence-electron chi connectivity index (χ3n) is 3.85. The number of nitrogens with one attached hydrogen (secondary N) is 2. The maximum absolute atomic E-state index is 12.6. The van der Waals surface area contributed by atoms with Crippen LogP contribution in [0.15, 0.2) is 36.9 Å². The zero-order valence-corrected chi connectivity index (χ0v) is 13.7. The Bertz CT molecular complexity index is 1020. The van der Waals surface area contributed by atoms with Crippen LogP contribution in [0.1, 0.15) is 6.92 Å². The number of alkyl halides is 3. The quantitative estimate of drug-likeness (QED) is 0.558. The number of H-pyrrole nitrogens is 1. The minimum Gasteiger partial charge on any atom is -0.345 e. The van der Waals surface area contributed by atoms with Gasteiger partial charge in [-0.15, -0.1) is 11.3 Å². The summed E-state index contributed by atoms with van der Waals surface area (Å²) in [6.45, 7) is 1.03. The first kappa shape index (κ1) is 15.8. The van der Waals surface area contributed by atoms with Crippen LogP contribution in [0.3, 0.4) is 0 Å². The molecule has 0 aromatic carbocycles. The number of hydrogen-bond acceptors (Lipinski definition) is 5. The van der Waals surface area contributed by atoms with Crippen LogP contribution in [0.5, 0.6) is 0 Å². The number of aromatic amines is 1. The minimum absolute atomic E-state index is 0.0636. The summed E-state index contributed by atoms with van der Waals surface area (Å²) >= 11 is 1.61. The second-order valence-electron chi connectivity index (χ2n) is 5.59. The molecule has 128 valence electrons. The van der Waals surface area contributed by atoms with Gasteiger partial charge in [-0.05, 0) is 19.1 Å². The van der Waals surface area contributed by atoms with Gasteiger partial charge in [-0.3, -0.25) is 4.98 Å². The Balaban J connectivity index is 1.70. The van der Waals surface area contributed by atoms with Gasteiger partial charge < -0.3 is 10.3 Å². The lowest BCUT2D eigenvalue weighted by atomic mass is 10.2. The molecule has 0 aliphatic rings. The average molecular weight is 363 g/mol. The van der Waals surface area contributed by atoms with Gasteiger partial charge in [0, 0.05) is 50.7 Å². The molecule has 0 amide bonds. The zero-order chi connectivity index (χ0) is 17.6. The van der Waals surface area contributed by atoms with Crippen LogP contribution in [-0.4, -0.2) is 32.2 Å². The first-order valence-electron chi connectivity index (χ1n) is 7.43. The van der Waals surface area contributed by atoms with Crippen molar-refractivity contribution in [1.29, 1.82) is 0 Å². The molecule has 4 rings (SSSR count). The zero-order valence-electron chi connectivity index (χ0n) is 12.9.